The van der Waals surface area contributed by atoms with E-state index in [-0.39, 0.29) is 25.9 Å². The van der Waals surface area contributed by atoms with Crippen LogP contribution in [0.2, 0.25) is 0 Å². The van der Waals surface area contributed by atoms with Crippen LogP contribution in [0.3, 0.4) is 0 Å². The van der Waals surface area contributed by atoms with Crippen molar-refractivity contribution in [3.8, 4) is 0 Å². The van der Waals surface area contributed by atoms with Crippen LogP contribution in [0.5, 0.6) is 0 Å². The highest BCUT2D eigenvalue weighted by molar-refractivity contribution is 7.47. The molecule has 0 aromatic carbocycles. The Morgan fingerprint density at radius 1 is 0.389 bits per heavy atom. The summed E-state index contributed by atoms with van der Waals surface area (Å²) in [7, 11) is -4.75. The standard InChI is InChI=1S/C60H109O11P/c1-4-7-10-13-16-19-22-25-27-28-30-33-36-39-42-45-48-51-60(64)71-57(53-67-58(62)49-46-43-40-37-34-31-24-21-18-15-12-9-6-3)55-69-72(65,66)68-54-56(52-61)70-59(63)50-47-44-41-38-35-32-29-26-23-20-17-14-11-8-5-2/h16,19,21,24-27,29,56-57,61H,4-15,17-18,20,22-23,28,30-55H2,1-3H3,(H,65,66)/b19-16-,24-21-,27-25-,29-26-. The van der Waals surface area contributed by atoms with Gasteiger partial charge in [0.25, 0.3) is 0 Å². The fraction of sp³-hybridized carbons (Fsp3) is 0.817. The van der Waals surface area contributed by atoms with E-state index in [2.05, 4.69) is 69.4 Å². The van der Waals surface area contributed by atoms with Gasteiger partial charge in [0.1, 0.15) is 12.7 Å². The van der Waals surface area contributed by atoms with E-state index in [4.69, 9.17) is 23.3 Å². The fourth-order valence-corrected chi connectivity index (χ4v) is 8.92. The molecule has 0 rings (SSSR count). The van der Waals surface area contributed by atoms with Gasteiger partial charge >= 0.3 is 25.7 Å². The molecule has 0 spiro atoms. The minimum absolute atomic E-state index is 0.158. The third-order valence-electron chi connectivity index (χ3n) is 12.7. The Hall–Kier alpha value is -2.56. The van der Waals surface area contributed by atoms with Gasteiger partial charge in [0, 0.05) is 19.3 Å². The third kappa shape index (κ3) is 52.3. The summed E-state index contributed by atoms with van der Waals surface area (Å²) >= 11 is 0. The highest BCUT2D eigenvalue weighted by Gasteiger charge is 2.28. The van der Waals surface area contributed by atoms with Crippen LogP contribution >= 0.6 is 7.82 Å². The lowest BCUT2D eigenvalue weighted by Crippen LogP contribution is -2.30. The van der Waals surface area contributed by atoms with Crippen molar-refractivity contribution in [2.24, 2.45) is 0 Å². The number of rotatable bonds is 55. The quantitative estimate of drug-likeness (QED) is 0.0197. The summed E-state index contributed by atoms with van der Waals surface area (Å²) in [6.07, 6.45) is 57.7. The monoisotopic (exact) mass is 1040 g/mol. The van der Waals surface area contributed by atoms with Crippen molar-refractivity contribution < 1.29 is 52.2 Å². The van der Waals surface area contributed by atoms with Gasteiger partial charge in [-0.15, -0.1) is 0 Å². The van der Waals surface area contributed by atoms with Gasteiger partial charge in [0.15, 0.2) is 6.10 Å². The van der Waals surface area contributed by atoms with E-state index in [0.717, 1.165) is 116 Å². The van der Waals surface area contributed by atoms with Crippen LogP contribution in [-0.4, -0.2) is 66.5 Å². The number of unbranched alkanes of at least 4 members (excludes halogenated alkanes) is 30. The van der Waals surface area contributed by atoms with E-state index in [1.54, 1.807) is 0 Å². The van der Waals surface area contributed by atoms with E-state index in [0.29, 0.717) is 19.3 Å². The zero-order valence-electron chi connectivity index (χ0n) is 46.4. The molecule has 3 atom stereocenters. The molecule has 0 aromatic heterocycles. The molecule has 3 unspecified atom stereocenters. The first-order valence-corrected chi connectivity index (χ1v) is 31.0. The molecule has 72 heavy (non-hydrogen) atoms. The molecule has 0 aliphatic rings. The van der Waals surface area contributed by atoms with Crippen LogP contribution < -0.4 is 0 Å². The van der Waals surface area contributed by atoms with E-state index in [1.165, 1.54) is 103 Å². The Balaban J connectivity index is 4.72. The number of aliphatic hydroxyl groups is 1. The zero-order chi connectivity index (χ0) is 52.7. The van der Waals surface area contributed by atoms with Crippen molar-refractivity contribution in [1.82, 2.24) is 0 Å². The number of ether oxygens (including phenoxy) is 3. The second-order valence-corrected chi connectivity index (χ2v) is 21.3. The molecule has 420 valence electrons. The summed E-state index contributed by atoms with van der Waals surface area (Å²) in [6, 6.07) is 0. The smallest absolute Gasteiger partial charge is 0.462 e. The van der Waals surface area contributed by atoms with Crippen LogP contribution in [-0.2, 0) is 42.2 Å². The number of hydrogen-bond acceptors (Lipinski definition) is 10. The lowest BCUT2D eigenvalue weighted by molar-refractivity contribution is -0.161. The summed E-state index contributed by atoms with van der Waals surface area (Å²) in [4.78, 5) is 48.5. The van der Waals surface area contributed by atoms with E-state index in [1.807, 2.05) is 0 Å². The predicted molar refractivity (Wildman–Crippen MR) is 298 cm³/mol. The summed E-state index contributed by atoms with van der Waals surface area (Å²) in [5.41, 5.74) is 0. The van der Waals surface area contributed by atoms with Crippen molar-refractivity contribution in [3.63, 3.8) is 0 Å². The Morgan fingerprint density at radius 3 is 1.08 bits per heavy atom. The lowest BCUT2D eigenvalue weighted by Gasteiger charge is -2.21. The van der Waals surface area contributed by atoms with Gasteiger partial charge in [-0.2, -0.15) is 0 Å². The van der Waals surface area contributed by atoms with E-state index >= 15 is 0 Å². The Kier molecular flexibility index (Phi) is 52.7. The molecule has 0 amide bonds. The van der Waals surface area contributed by atoms with Crippen molar-refractivity contribution in [2.45, 2.75) is 290 Å². The Bertz CT molecular complexity index is 1400. The van der Waals surface area contributed by atoms with Crippen molar-refractivity contribution in [2.75, 3.05) is 26.4 Å². The third-order valence-corrected chi connectivity index (χ3v) is 13.6. The van der Waals surface area contributed by atoms with Gasteiger partial charge in [-0.3, -0.25) is 23.4 Å². The van der Waals surface area contributed by atoms with Crippen molar-refractivity contribution in [1.29, 1.82) is 0 Å². The molecule has 11 nitrogen and oxygen atoms in total. The first-order valence-electron chi connectivity index (χ1n) is 29.5. The molecule has 0 saturated carbocycles. The molecule has 0 bridgehead atoms. The number of carbonyl (C=O) groups excluding carboxylic acids is 3. The van der Waals surface area contributed by atoms with Gasteiger partial charge in [-0.25, -0.2) is 4.57 Å². The number of carbonyl (C=O) groups is 3. The van der Waals surface area contributed by atoms with Crippen molar-refractivity contribution >= 4 is 25.7 Å². The number of allylic oxidation sites excluding steroid dienone is 8. The van der Waals surface area contributed by atoms with Gasteiger partial charge in [0.2, 0.25) is 0 Å². The largest absolute Gasteiger partial charge is 0.472 e. The summed E-state index contributed by atoms with van der Waals surface area (Å²) in [5, 5.41) is 9.81. The van der Waals surface area contributed by atoms with Gasteiger partial charge in [-0.1, -0.05) is 204 Å². The maximum atomic E-state index is 12.9. The van der Waals surface area contributed by atoms with Crippen LogP contribution in [0.25, 0.3) is 0 Å². The number of phosphoric ester groups is 1. The average molecular weight is 1040 g/mol. The first-order chi connectivity index (χ1) is 35.2. The fourth-order valence-electron chi connectivity index (χ4n) is 8.14. The molecule has 12 heteroatoms. The first kappa shape index (κ1) is 69.4. The summed E-state index contributed by atoms with van der Waals surface area (Å²) < 4.78 is 39.5. The SMILES string of the molecule is CCCCC/C=C\C/C=C\CCCCCCCCCC(=O)OC(COC(=O)CCCCCCC/C=C\CCCCCC)COP(=O)(O)OCC(CO)OC(=O)CCCCCCC/C=C\CCCCCCCC. The minimum Gasteiger partial charge on any atom is -0.462 e. The average Bonchev–Trinajstić information content (AvgIpc) is 3.37. The molecule has 0 aromatic rings. The topological polar surface area (TPSA) is 155 Å². The normalized spacial score (nSPS) is 13.7. The van der Waals surface area contributed by atoms with Crippen molar-refractivity contribution in [3.05, 3.63) is 48.6 Å². The number of phosphoric acid groups is 1. The Morgan fingerprint density at radius 2 is 0.681 bits per heavy atom. The summed E-state index contributed by atoms with van der Waals surface area (Å²) in [5.74, 6) is -1.48. The van der Waals surface area contributed by atoms with Crippen LogP contribution in [0.4, 0.5) is 0 Å². The van der Waals surface area contributed by atoms with Gasteiger partial charge < -0.3 is 24.2 Å². The molecule has 0 heterocycles. The van der Waals surface area contributed by atoms with Crippen LogP contribution in [0.15, 0.2) is 48.6 Å². The zero-order valence-corrected chi connectivity index (χ0v) is 47.3. The molecule has 0 aliphatic heterocycles. The highest BCUT2D eigenvalue weighted by Crippen LogP contribution is 2.43. The van der Waals surface area contributed by atoms with Gasteiger partial charge in [-0.05, 0) is 103 Å². The Labute approximate surface area is 441 Å². The number of hydrogen-bond donors (Lipinski definition) is 2. The predicted octanol–water partition coefficient (Wildman–Crippen LogP) is 17.4. The summed E-state index contributed by atoms with van der Waals surface area (Å²) in [6.45, 7) is 4.60. The highest BCUT2D eigenvalue weighted by atomic mass is 31.2. The van der Waals surface area contributed by atoms with Gasteiger partial charge in [0.05, 0.1) is 19.8 Å². The number of esters is 3. The second kappa shape index (κ2) is 54.7. The minimum atomic E-state index is -4.75. The molecule has 0 fully saturated rings. The maximum Gasteiger partial charge on any atom is 0.472 e. The van der Waals surface area contributed by atoms with Crippen LogP contribution in [0.1, 0.15) is 278 Å². The lowest BCUT2D eigenvalue weighted by atomic mass is 10.1. The molecule has 0 radical (unpaired) electrons. The molecular formula is C60H109O11P. The van der Waals surface area contributed by atoms with E-state index < -0.39 is 57.8 Å². The molecule has 0 saturated heterocycles. The molecule has 0 aliphatic carbocycles. The second-order valence-electron chi connectivity index (χ2n) is 19.8. The maximum absolute atomic E-state index is 12.9. The molecule has 2 N–H and O–H groups in total. The van der Waals surface area contributed by atoms with E-state index in [9.17, 15) is 28.9 Å². The van der Waals surface area contributed by atoms with Crippen LogP contribution in [0, 0.1) is 0 Å². The molecular weight excluding hydrogens is 928 g/mol. The number of aliphatic hydroxyl groups excluding tert-OH is 1.